The molecule has 0 saturated heterocycles. The molecular weight excluding hydrogens is 242 g/mol. The molecule has 4 nitrogen and oxygen atoms in total. The number of hydrogen-bond donors (Lipinski definition) is 3. The molecule has 0 atom stereocenters. The SMILES string of the molecule is COc1c(C)cc(CCNC(CO)CO)c(C)c1C. The van der Waals surface area contributed by atoms with Crippen LogP contribution in [0.4, 0.5) is 0 Å². The Balaban J connectivity index is 2.74. The molecule has 0 unspecified atom stereocenters. The molecule has 4 heteroatoms. The van der Waals surface area contributed by atoms with Crippen molar-refractivity contribution >= 4 is 0 Å². The first-order valence-electron chi connectivity index (χ1n) is 6.63. The van der Waals surface area contributed by atoms with Gasteiger partial charge in [0.2, 0.25) is 0 Å². The van der Waals surface area contributed by atoms with E-state index in [1.54, 1.807) is 7.11 Å². The Hall–Kier alpha value is -1.10. The summed E-state index contributed by atoms with van der Waals surface area (Å²) in [5.41, 5.74) is 4.84. The standard InChI is InChI=1S/C15H25NO3/c1-10-7-13(5-6-16-14(8-17)9-18)11(2)12(3)15(10)19-4/h7,14,16-18H,5-6,8-9H2,1-4H3. The van der Waals surface area contributed by atoms with Gasteiger partial charge in [-0.05, 0) is 56.0 Å². The lowest BCUT2D eigenvalue weighted by Gasteiger charge is -2.17. The summed E-state index contributed by atoms with van der Waals surface area (Å²) in [6, 6.07) is 1.91. The third-order valence-corrected chi connectivity index (χ3v) is 3.61. The molecule has 0 bridgehead atoms. The number of benzene rings is 1. The lowest BCUT2D eigenvalue weighted by molar-refractivity contribution is 0.171. The van der Waals surface area contributed by atoms with Crippen LogP contribution in [0.3, 0.4) is 0 Å². The molecule has 1 rings (SSSR count). The summed E-state index contributed by atoms with van der Waals surface area (Å²) in [7, 11) is 1.70. The Morgan fingerprint density at radius 3 is 2.32 bits per heavy atom. The van der Waals surface area contributed by atoms with Gasteiger partial charge in [-0.1, -0.05) is 6.07 Å². The smallest absolute Gasteiger partial charge is 0.124 e. The first kappa shape index (κ1) is 16.0. The van der Waals surface area contributed by atoms with E-state index in [-0.39, 0.29) is 19.3 Å². The van der Waals surface area contributed by atoms with Gasteiger partial charge in [-0.15, -0.1) is 0 Å². The van der Waals surface area contributed by atoms with Gasteiger partial charge in [-0.3, -0.25) is 0 Å². The summed E-state index contributed by atoms with van der Waals surface area (Å²) >= 11 is 0. The fourth-order valence-electron chi connectivity index (χ4n) is 2.31. The highest BCUT2D eigenvalue weighted by Crippen LogP contribution is 2.28. The molecule has 0 amide bonds. The first-order chi connectivity index (χ1) is 9.04. The Bertz CT molecular complexity index is 414. The largest absolute Gasteiger partial charge is 0.496 e. The molecule has 0 spiro atoms. The summed E-state index contributed by atoms with van der Waals surface area (Å²) in [6.07, 6.45) is 0.869. The molecular formula is C15H25NO3. The highest BCUT2D eigenvalue weighted by atomic mass is 16.5. The van der Waals surface area contributed by atoms with Crippen molar-refractivity contribution in [2.24, 2.45) is 0 Å². The monoisotopic (exact) mass is 267 g/mol. The van der Waals surface area contributed by atoms with Crippen LogP contribution in [0.2, 0.25) is 0 Å². The Labute approximate surface area is 115 Å². The van der Waals surface area contributed by atoms with E-state index in [4.69, 9.17) is 14.9 Å². The van der Waals surface area contributed by atoms with Crippen molar-refractivity contribution in [3.8, 4) is 5.75 Å². The predicted octanol–water partition coefficient (Wildman–Crippen LogP) is 1.11. The summed E-state index contributed by atoms with van der Waals surface area (Å²) in [5.74, 6) is 0.956. The molecule has 19 heavy (non-hydrogen) atoms. The van der Waals surface area contributed by atoms with Crippen molar-refractivity contribution in [1.82, 2.24) is 5.32 Å². The summed E-state index contributed by atoms with van der Waals surface area (Å²) in [4.78, 5) is 0. The minimum absolute atomic E-state index is 0.0455. The van der Waals surface area contributed by atoms with Gasteiger partial charge in [0.05, 0.1) is 26.4 Å². The Morgan fingerprint density at radius 2 is 1.79 bits per heavy atom. The van der Waals surface area contributed by atoms with Crippen LogP contribution in [0.5, 0.6) is 5.75 Å². The maximum atomic E-state index is 9.00. The molecule has 0 aromatic heterocycles. The molecule has 0 heterocycles. The van der Waals surface area contributed by atoms with Crippen LogP contribution in [0, 0.1) is 20.8 Å². The Morgan fingerprint density at radius 1 is 1.16 bits per heavy atom. The van der Waals surface area contributed by atoms with E-state index in [1.165, 1.54) is 16.7 Å². The van der Waals surface area contributed by atoms with Crippen LogP contribution in [-0.4, -0.2) is 43.1 Å². The number of aliphatic hydroxyl groups is 2. The molecule has 3 N–H and O–H groups in total. The van der Waals surface area contributed by atoms with E-state index in [0.717, 1.165) is 24.3 Å². The van der Waals surface area contributed by atoms with Crippen molar-refractivity contribution in [3.63, 3.8) is 0 Å². The third kappa shape index (κ3) is 3.93. The third-order valence-electron chi connectivity index (χ3n) is 3.61. The first-order valence-corrected chi connectivity index (χ1v) is 6.63. The number of nitrogens with one attached hydrogen (secondary N) is 1. The van der Waals surface area contributed by atoms with E-state index < -0.39 is 0 Å². The van der Waals surface area contributed by atoms with Crippen LogP contribution < -0.4 is 10.1 Å². The second kappa shape index (κ2) is 7.48. The molecule has 1 aromatic carbocycles. The zero-order chi connectivity index (χ0) is 14.4. The normalized spacial score (nSPS) is 11.1. The van der Waals surface area contributed by atoms with E-state index in [1.807, 2.05) is 6.92 Å². The van der Waals surface area contributed by atoms with Crippen LogP contribution >= 0.6 is 0 Å². The van der Waals surface area contributed by atoms with Gasteiger partial charge in [-0.25, -0.2) is 0 Å². The zero-order valence-electron chi connectivity index (χ0n) is 12.3. The highest BCUT2D eigenvalue weighted by Gasteiger charge is 2.11. The van der Waals surface area contributed by atoms with Crippen molar-refractivity contribution < 1.29 is 14.9 Å². The fraction of sp³-hybridized carbons (Fsp3) is 0.600. The molecule has 108 valence electrons. The van der Waals surface area contributed by atoms with E-state index in [9.17, 15) is 0 Å². The second-order valence-electron chi connectivity index (χ2n) is 4.90. The quantitative estimate of drug-likeness (QED) is 0.692. The van der Waals surface area contributed by atoms with Crippen molar-refractivity contribution in [1.29, 1.82) is 0 Å². The lowest BCUT2D eigenvalue weighted by Crippen LogP contribution is -2.37. The second-order valence-corrected chi connectivity index (χ2v) is 4.90. The number of methoxy groups -OCH3 is 1. The fourth-order valence-corrected chi connectivity index (χ4v) is 2.31. The molecule has 0 aliphatic rings. The van der Waals surface area contributed by atoms with Crippen LogP contribution in [0.1, 0.15) is 22.3 Å². The molecule has 0 aliphatic heterocycles. The zero-order valence-corrected chi connectivity index (χ0v) is 12.3. The Kier molecular flexibility index (Phi) is 6.28. The summed E-state index contributed by atoms with van der Waals surface area (Å²) < 4.78 is 5.41. The van der Waals surface area contributed by atoms with Crippen LogP contribution in [0.15, 0.2) is 6.07 Å². The highest BCUT2D eigenvalue weighted by molar-refractivity contribution is 5.49. The number of ether oxygens (including phenoxy) is 1. The molecule has 0 radical (unpaired) electrons. The van der Waals surface area contributed by atoms with Crippen molar-refractivity contribution in [2.75, 3.05) is 26.9 Å². The van der Waals surface area contributed by atoms with Gasteiger partial charge < -0.3 is 20.3 Å². The maximum Gasteiger partial charge on any atom is 0.124 e. The van der Waals surface area contributed by atoms with Crippen LogP contribution in [0.25, 0.3) is 0 Å². The summed E-state index contributed by atoms with van der Waals surface area (Å²) in [5, 5.41) is 21.1. The molecule has 0 fully saturated rings. The number of rotatable bonds is 7. The minimum atomic E-state index is -0.235. The van der Waals surface area contributed by atoms with E-state index >= 15 is 0 Å². The van der Waals surface area contributed by atoms with Gasteiger partial charge in [0.1, 0.15) is 5.75 Å². The predicted molar refractivity (Wildman–Crippen MR) is 76.9 cm³/mol. The molecule has 0 saturated carbocycles. The van der Waals surface area contributed by atoms with Gasteiger partial charge in [-0.2, -0.15) is 0 Å². The lowest BCUT2D eigenvalue weighted by atomic mass is 9.96. The topological polar surface area (TPSA) is 61.7 Å². The summed E-state index contributed by atoms with van der Waals surface area (Å²) in [6.45, 7) is 6.86. The number of aliphatic hydroxyl groups excluding tert-OH is 2. The van der Waals surface area contributed by atoms with E-state index in [0.29, 0.717) is 0 Å². The number of aryl methyl sites for hydroxylation is 1. The van der Waals surface area contributed by atoms with Gasteiger partial charge in [0.15, 0.2) is 0 Å². The van der Waals surface area contributed by atoms with Gasteiger partial charge in [0.25, 0.3) is 0 Å². The van der Waals surface area contributed by atoms with E-state index in [2.05, 4.69) is 25.2 Å². The minimum Gasteiger partial charge on any atom is -0.496 e. The van der Waals surface area contributed by atoms with Crippen LogP contribution in [-0.2, 0) is 6.42 Å². The molecule has 1 aromatic rings. The molecule has 0 aliphatic carbocycles. The van der Waals surface area contributed by atoms with Crippen molar-refractivity contribution in [3.05, 3.63) is 28.3 Å². The average molecular weight is 267 g/mol. The number of hydrogen-bond acceptors (Lipinski definition) is 4. The van der Waals surface area contributed by atoms with Crippen molar-refractivity contribution in [2.45, 2.75) is 33.2 Å². The van der Waals surface area contributed by atoms with Gasteiger partial charge in [0, 0.05) is 0 Å². The van der Waals surface area contributed by atoms with Gasteiger partial charge >= 0.3 is 0 Å². The average Bonchev–Trinajstić information content (AvgIpc) is 2.41. The maximum absolute atomic E-state index is 9.00.